The fourth-order valence-corrected chi connectivity index (χ4v) is 5.49. The zero-order valence-corrected chi connectivity index (χ0v) is 19.0. The number of hydrogen-bond donors (Lipinski definition) is 2. The second-order valence-electron chi connectivity index (χ2n) is 8.32. The van der Waals surface area contributed by atoms with Crippen LogP contribution in [0.25, 0.3) is 0 Å². The number of carbonyl (C=O) groups excluding carboxylic acids is 1. The minimum atomic E-state index is -3.66. The number of nitrogens with one attached hydrogen (secondary N) is 2. The van der Waals surface area contributed by atoms with Gasteiger partial charge in [-0.3, -0.25) is 4.90 Å². The molecule has 1 aromatic carbocycles. The Kier molecular flexibility index (Phi) is 7.90. The van der Waals surface area contributed by atoms with E-state index in [1.54, 1.807) is 17.0 Å². The number of ether oxygens (including phenoxy) is 2. The number of benzene rings is 1. The summed E-state index contributed by atoms with van der Waals surface area (Å²) in [5, 5.41) is 0. The number of amides is 1. The van der Waals surface area contributed by atoms with E-state index in [4.69, 9.17) is 9.47 Å². The van der Waals surface area contributed by atoms with Crippen molar-refractivity contribution in [2.45, 2.75) is 69.2 Å². The van der Waals surface area contributed by atoms with Gasteiger partial charge in [0, 0.05) is 19.1 Å². The fraction of sp³-hybridized carbons (Fsp3) is 0.667. The van der Waals surface area contributed by atoms with E-state index in [9.17, 15) is 17.6 Å². The summed E-state index contributed by atoms with van der Waals surface area (Å²) in [6.07, 6.45) is 3.43. The Morgan fingerprint density at radius 3 is 2.58 bits per heavy atom. The van der Waals surface area contributed by atoms with Gasteiger partial charge in [-0.05, 0) is 62.6 Å². The quantitative estimate of drug-likeness (QED) is 0.656. The zero-order chi connectivity index (χ0) is 22.6. The number of halogens is 1. The molecule has 0 spiro atoms. The average molecular weight is 458 g/mol. The number of hydrogen-bond acceptors (Lipinski definition) is 5. The van der Waals surface area contributed by atoms with Crippen LogP contribution in [0.4, 0.5) is 9.18 Å². The molecule has 2 N–H and O–H groups in total. The second kappa shape index (κ2) is 10.2. The summed E-state index contributed by atoms with van der Waals surface area (Å²) < 4.78 is 53.5. The third-order valence-electron chi connectivity index (χ3n) is 6.35. The van der Waals surface area contributed by atoms with Gasteiger partial charge in [-0.25, -0.2) is 13.9 Å². The molecule has 1 heterocycles. The molecule has 1 aromatic rings. The van der Waals surface area contributed by atoms with E-state index < -0.39 is 28.4 Å². The predicted molar refractivity (Wildman–Crippen MR) is 114 cm³/mol. The molecule has 1 saturated heterocycles. The lowest BCUT2D eigenvalue weighted by Gasteiger charge is -2.33. The number of nitrogens with zero attached hydrogens (tertiary/aromatic N) is 1. The highest BCUT2D eigenvalue weighted by Crippen LogP contribution is 2.35. The molecule has 3 atom stereocenters. The predicted octanol–water partition coefficient (Wildman–Crippen LogP) is 2.52. The van der Waals surface area contributed by atoms with Crippen molar-refractivity contribution < 1.29 is 27.1 Å². The third-order valence-corrected chi connectivity index (χ3v) is 7.50. The molecule has 2 fully saturated rings. The Bertz CT molecular complexity index is 860. The summed E-state index contributed by atoms with van der Waals surface area (Å²) >= 11 is 0. The van der Waals surface area contributed by atoms with E-state index in [-0.39, 0.29) is 24.6 Å². The SMILES string of the molecule is CNS(=O)(=O)N[C@H]1C[C@@H](C)N(C(=O)OC)[C@H]1COC1CCC(c2cccc(F)c2)CC1. The number of rotatable bonds is 7. The standard InChI is InChI=1S/C21H32FN3O5S/c1-14-11-19(24-31(27,28)23-2)20(25(14)21(26)29-3)13-30-18-9-7-15(8-10-18)16-5-4-6-17(22)12-16/h4-6,12,14-15,18-20,23-24H,7-11,13H2,1-3H3/t14-,15?,18?,19+,20+/m1/s1. The van der Waals surface area contributed by atoms with E-state index in [1.165, 1.54) is 20.2 Å². The monoisotopic (exact) mass is 457 g/mol. The first-order chi connectivity index (χ1) is 14.7. The summed E-state index contributed by atoms with van der Waals surface area (Å²) in [6, 6.07) is 5.62. The van der Waals surface area contributed by atoms with Gasteiger partial charge in [-0.1, -0.05) is 12.1 Å². The van der Waals surface area contributed by atoms with Crippen molar-refractivity contribution in [3.05, 3.63) is 35.6 Å². The maximum Gasteiger partial charge on any atom is 0.410 e. The highest BCUT2D eigenvalue weighted by atomic mass is 32.2. The lowest BCUT2D eigenvalue weighted by atomic mass is 9.82. The molecule has 0 bridgehead atoms. The molecule has 1 saturated carbocycles. The summed E-state index contributed by atoms with van der Waals surface area (Å²) in [4.78, 5) is 13.9. The zero-order valence-electron chi connectivity index (χ0n) is 18.2. The Labute approximate surface area is 183 Å². The van der Waals surface area contributed by atoms with E-state index in [1.807, 2.05) is 13.0 Å². The van der Waals surface area contributed by atoms with Crippen LogP contribution in [0.2, 0.25) is 0 Å². The van der Waals surface area contributed by atoms with E-state index in [0.717, 1.165) is 31.2 Å². The molecular weight excluding hydrogens is 425 g/mol. The number of methoxy groups -OCH3 is 1. The molecule has 8 nitrogen and oxygen atoms in total. The van der Waals surface area contributed by atoms with E-state index >= 15 is 0 Å². The van der Waals surface area contributed by atoms with Crippen LogP contribution in [-0.2, 0) is 19.7 Å². The van der Waals surface area contributed by atoms with Gasteiger partial charge >= 0.3 is 6.09 Å². The first-order valence-corrected chi connectivity index (χ1v) is 12.2. The Hall–Kier alpha value is -1.75. The van der Waals surface area contributed by atoms with Gasteiger partial charge in [0.05, 0.1) is 25.9 Å². The number of carbonyl (C=O) groups is 1. The summed E-state index contributed by atoms with van der Waals surface area (Å²) in [5.41, 5.74) is 1.02. The first-order valence-electron chi connectivity index (χ1n) is 10.7. The molecule has 174 valence electrons. The molecule has 3 rings (SSSR count). The molecule has 31 heavy (non-hydrogen) atoms. The lowest BCUT2D eigenvalue weighted by molar-refractivity contribution is -0.00862. The Balaban J connectivity index is 1.61. The van der Waals surface area contributed by atoms with Gasteiger partial charge < -0.3 is 9.47 Å². The topological polar surface area (TPSA) is 97.0 Å². The largest absolute Gasteiger partial charge is 0.453 e. The maximum absolute atomic E-state index is 13.5. The fourth-order valence-electron chi connectivity index (χ4n) is 4.72. The third kappa shape index (κ3) is 5.94. The highest BCUT2D eigenvalue weighted by Gasteiger charge is 2.44. The molecule has 0 aromatic heterocycles. The van der Waals surface area contributed by atoms with Crippen molar-refractivity contribution in [3.8, 4) is 0 Å². The van der Waals surface area contributed by atoms with Crippen LogP contribution in [0.5, 0.6) is 0 Å². The van der Waals surface area contributed by atoms with Crippen LogP contribution in [0, 0.1) is 5.82 Å². The summed E-state index contributed by atoms with van der Waals surface area (Å²) in [6.45, 7) is 2.08. The number of likely N-dealkylation sites (tertiary alicyclic amines) is 1. The van der Waals surface area contributed by atoms with Crippen LogP contribution in [0.15, 0.2) is 24.3 Å². The summed E-state index contributed by atoms with van der Waals surface area (Å²) in [5.74, 6) is 0.0907. The van der Waals surface area contributed by atoms with Crippen molar-refractivity contribution in [2.24, 2.45) is 0 Å². The molecule has 1 amide bonds. The van der Waals surface area contributed by atoms with Gasteiger partial charge in [0.2, 0.25) is 0 Å². The van der Waals surface area contributed by atoms with Crippen molar-refractivity contribution in [3.63, 3.8) is 0 Å². The molecule has 1 aliphatic carbocycles. The van der Waals surface area contributed by atoms with Crippen LogP contribution >= 0.6 is 0 Å². The van der Waals surface area contributed by atoms with Gasteiger partial charge in [0.25, 0.3) is 10.2 Å². The second-order valence-corrected chi connectivity index (χ2v) is 9.97. The smallest absolute Gasteiger partial charge is 0.410 e. The van der Waals surface area contributed by atoms with Crippen LogP contribution in [0.3, 0.4) is 0 Å². The first kappa shape index (κ1) is 23.9. The average Bonchev–Trinajstić information content (AvgIpc) is 3.06. The Morgan fingerprint density at radius 2 is 1.97 bits per heavy atom. The van der Waals surface area contributed by atoms with Gasteiger partial charge in [-0.15, -0.1) is 0 Å². The van der Waals surface area contributed by atoms with E-state index in [2.05, 4.69) is 9.44 Å². The molecule has 10 heteroatoms. The molecule has 1 aliphatic heterocycles. The maximum atomic E-state index is 13.5. The molecule has 2 aliphatic rings. The Morgan fingerprint density at radius 1 is 1.26 bits per heavy atom. The minimum absolute atomic E-state index is 0.0155. The van der Waals surface area contributed by atoms with Crippen LogP contribution in [0.1, 0.15) is 50.5 Å². The molecular formula is C21H32FN3O5S. The van der Waals surface area contributed by atoms with Crippen molar-refractivity contribution >= 4 is 16.3 Å². The van der Waals surface area contributed by atoms with Crippen LogP contribution in [-0.4, -0.2) is 64.4 Å². The van der Waals surface area contributed by atoms with E-state index in [0.29, 0.717) is 12.3 Å². The van der Waals surface area contributed by atoms with Crippen LogP contribution < -0.4 is 9.44 Å². The van der Waals surface area contributed by atoms with Gasteiger partial charge in [0.15, 0.2) is 0 Å². The van der Waals surface area contributed by atoms with Crippen molar-refractivity contribution in [1.82, 2.24) is 14.3 Å². The van der Waals surface area contributed by atoms with Crippen molar-refractivity contribution in [1.29, 1.82) is 0 Å². The normalized spacial score (nSPS) is 29.2. The van der Waals surface area contributed by atoms with Gasteiger partial charge in [0.1, 0.15) is 5.82 Å². The lowest BCUT2D eigenvalue weighted by Crippen LogP contribution is -2.52. The van der Waals surface area contributed by atoms with Gasteiger partial charge in [-0.2, -0.15) is 13.1 Å². The highest BCUT2D eigenvalue weighted by molar-refractivity contribution is 7.87. The van der Waals surface area contributed by atoms with Crippen molar-refractivity contribution in [2.75, 3.05) is 20.8 Å². The molecule has 0 unspecified atom stereocenters. The summed E-state index contributed by atoms with van der Waals surface area (Å²) in [7, 11) is -1.02. The molecule has 0 radical (unpaired) electrons. The minimum Gasteiger partial charge on any atom is -0.453 e.